The molecule has 2 atom stereocenters. The lowest BCUT2D eigenvalue weighted by Crippen LogP contribution is -2.72. The van der Waals surface area contributed by atoms with Gasteiger partial charge in [0.25, 0.3) is 0 Å². The summed E-state index contributed by atoms with van der Waals surface area (Å²) in [4.78, 5) is 13.9. The largest absolute Gasteiger partial charge is 0.379 e. The van der Waals surface area contributed by atoms with Gasteiger partial charge in [-0.25, -0.2) is 10.1 Å². The Morgan fingerprint density at radius 1 is 1.15 bits per heavy atom. The molecule has 0 aromatic heterocycles. The second kappa shape index (κ2) is 6.08. The minimum atomic E-state index is -0.306. The molecule has 2 saturated heterocycles. The normalized spacial score (nSPS) is 27.5. The third-order valence-electron chi connectivity index (χ3n) is 3.36. The zero-order valence-corrected chi connectivity index (χ0v) is 11.1. The fourth-order valence-electron chi connectivity index (χ4n) is 2.35. The van der Waals surface area contributed by atoms with Gasteiger partial charge in [0, 0.05) is 18.8 Å². The summed E-state index contributed by atoms with van der Waals surface area (Å²) in [6.45, 7) is 2.99. The van der Waals surface area contributed by atoms with E-state index in [0.29, 0.717) is 13.2 Å². The van der Waals surface area contributed by atoms with Crippen molar-refractivity contribution in [1.29, 1.82) is 0 Å². The van der Waals surface area contributed by atoms with E-state index in [1.807, 2.05) is 30.3 Å². The number of rotatable bonds is 3. The zero-order valence-electron chi connectivity index (χ0n) is 11.1. The summed E-state index contributed by atoms with van der Waals surface area (Å²) in [6, 6.07) is 9.58. The highest BCUT2D eigenvalue weighted by Gasteiger charge is 2.29. The Morgan fingerprint density at radius 3 is 2.65 bits per heavy atom. The predicted octanol–water partition coefficient (Wildman–Crippen LogP) is -0.0997. The van der Waals surface area contributed by atoms with Gasteiger partial charge < -0.3 is 20.7 Å². The molecule has 20 heavy (non-hydrogen) atoms. The number of anilines is 1. The molecule has 108 valence electrons. The molecule has 2 unspecified atom stereocenters. The average molecular weight is 277 g/mol. The van der Waals surface area contributed by atoms with Crippen LogP contribution in [0.15, 0.2) is 30.3 Å². The highest BCUT2D eigenvalue weighted by Crippen LogP contribution is 2.08. The maximum Gasteiger partial charge on any atom is 0.319 e. The SMILES string of the molecule is O=C1NC(Nc2ccccc2)NC(N2CCOCC2)N1. The number of hydrogen-bond acceptors (Lipinski definition) is 5. The van der Waals surface area contributed by atoms with Crippen LogP contribution in [0.4, 0.5) is 10.5 Å². The maximum absolute atomic E-state index is 11.8. The summed E-state index contributed by atoms with van der Waals surface area (Å²) in [5, 5.41) is 12.2. The molecule has 7 nitrogen and oxygen atoms in total. The summed E-state index contributed by atoms with van der Waals surface area (Å²) in [5.41, 5.74) is 0.952. The van der Waals surface area contributed by atoms with E-state index in [9.17, 15) is 4.79 Å². The zero-order chi connectivity index (χ0) is 13.8. The number of morpholine rings is 1. The van der Waals surface area contributed by atoms with E-state index in [2.05, 4.69) is 26.2 Å². The Hall–Kier alpha value is -1.83. The smallest absolute Gasteiger partial charge is 0.319 e. The monoisotopic (exact) mass is 277 g/mol. The molecule has 2 aliphatic rings. The number of urea groups is 1. The first-order valence-corrected chi connectivity index (χ1v) is 6.78. The summed E-state index contributed by atoms with van der Waals surface area (Å²) in [7, 11) is 0. The Kier molecular flexibility index (Phi) is 4.00. The number of carbonyl (C=O) groups excluding carboxylic acids is 1. The second-order valence-electron chi connectivity index (χ2n) is 4.78. The van der Waals surface area contributed by atoms with Gasteiger partial charge in [0.15, 0.2) is 6.29 Å². The van der Waals surface area contributed by atoms with Crippen LogP contribution in [0, 0.1) is 0 Å². The molecule has 0 spiro atoms. The third kappa shape index (κ3) is 3.19. The lowest BCUT2D eigenvalue weighted by atomic mass is 10.3. The van der Waals surface area contributed by atoms with Crippen molar-refractivity contribution in [2.24, 2.45) is 0 Å². The topological polar surface area (TPSA) is 77.7 Å². The standard InChI is InChI=1S/C13H19N5O2/c19-13-16-11(14-10-4-2-1-3-5-10)15-12(17-13)18-6-8-20-9-7-18/h1-5,11-12,14-15H,6-9H2,(H2,16,17,19). The molecule has 0 radical (unpaired) electrons. The molecule has 2 heterocycles. The van der Waals surface area contributed by atoms with E-state index < -0.39 is 0 Å². The van der Waals surface area contributed by atoms with E-state index in [4.69, 9.17) is 4.74 Å². The molecule has 4 N–H and O–H groups in total. The second-order valence-corrected chi connectivity index (χ2v) is 4.78. The first-order valence-electron chi connectivity index (χ1n) is 6.78. The summed E-state index contributed by atoms with van der Waals surface area (Å²) >= 11 is 0. The van der Waals surface area contributed by atoms with Gasteiger partial charge in [0.1, 0.15) is 6.29 Å². The molecule has 2 amide bonds. The van der Waals surface area contributed by atoms with Gasteiger partial charge in [0.2, 0.25) is 0 Å². The molecule has 1 aromatic carbocycles. The molecule has 0 saturated carbocycles. The predicted molar refractivity (Wildman–Crippen MR) is 74.8 cm³/mol. The number of nitrogens with zero attached hydrogens (tertiary/aromatic N) is 1. The van der Waals surface area contributed by atoms with Crippen molar-refractivity contribution in [3.05, 3.63) is 30.3 Å². The summed E-state index contributed by atoms with van der Waals surface area (Å²) in [6.07, 6.45) is -0.493. The summed E-state index contributed by atoms with van der Waals surface area (Å²) in [5.74, 6) is 0. The minimum absolute atomic E-state index is 0.186. The Morgan fingerprint density at radius 2 is 1.90 bits per heavy atom. The molecule has 3 rings (SSSR count). The fourth-order valence-corrected chi connectivity index (χ4v) is 2.35. The van der Waals surface area contributed by atoms with Crippen LogP contribution in [0.5, 0.6) is 0 Å². The van der Waals surface area contributed by atoms with Crippen LogP contribution in [0.2, 0.25) is 0 Å². The van der Waals surface area contributed by atoms with Gasteiger partial charge in [-0.05, 0) is 12.1 Å². The third-order valence-corrected chi connectivity index (χ3v) is 3.36. The van der Waals surface area contributed by atoms with Crippen molar-refractivity contribution >= 4 is 11.7 Å². The van der Waals surface area contributed by atoms with Crippen LogP contribution in [0.25, 0.3) is 0 Å². The number of para-hydroxylation sites is 1. The molecular weight excluding hydrogens is 258 g/mol. The van der Waals surface area contributed by atoms with E-state index in [1.54, 1.807) is 0 Å². The van der Waals surface area contributed by atoms with E-state index >= 15 is 0 Å². The van der Waals surface area contributed by atoms with Crippen LogP contribution >= 0.6 is 0 Å². The Labute approximate surface area is 117 Å². The molecule has 2 aliphatic heterocycles. The number of hydrogen-bond donors (Lipinski definition) is 4. The maximum atomic E-state index is 11.8. The molecule has 1 aromatic rings. The molecule has 0 aliphatic carbocycles. The number of nitrogens with one attached hydrogen (secondary N) is 4. The number of carbonyl (C=O) groups is 1. The Balaban J connectivity index is 1.62. The van der Waals surface area contributed by atoms with Crippen LogP contribution < -0.4 is 21.3 Å². The lowest BCUT2D eigenvalue weighted by Gasteiger charge is -2.41. The van der Waals surface area contributed by atoms with Crippen LogP contribution in [-0.4, -0.2) is 49.8 Å². The lowest BCUT2D eigenvalue weighted by molar-refractivity contribution is -0.00421. The molecule has 7 heteroatoms. The van der Waals surface area contributed by atoms with Gasteiger partial charge in [-0.1, -0.05) is 18.2 Å². The van der Waals surface area contributed by atoms with E-state index in [1.165, 1.54) is 0 Å². The minimum Gasteiger partial charge on any atom is -0.379 e. The van der Waals surface area contributed by atoms with Crippen molar-refractivity contribution in [3.63, 3.8) is 0 Å². The highest BCUT2D eigenvalue weighted by atomic mass is 16.5. The van der Waals surface area contributed by atoms with Crippen LogP contribution in [-0.2, 0) is 4.74 Å². The average Bonchev–Trinajstić information content (AvgIpc) is 2.49. The first-order chi connectivity index (χ1) is 9.81. The van der Waals surface area contributed by atoms with E-state index in [-0.39, 0.29) is 18.6 Å². The van der Waals surface area contributed by atoms with Gasteiger partial charge >= 0.3 is 6.03 Å². The van der Waals surface area contributed by atoms with E-state index in [0.717, 1.165) is 18.8 Å². The van der Waals surface area contributed by atoms with Crippen molar-refractivity contribution in [3.8, 4) is 0 Å². The molecular formula is C13H19N5O2. The Bertz CT molecular complexity index is 449. The highest BCUT2D eigenvalue weighted by molar-refractivity contribution is 5.75. The quantitative estimate of drug-likeness (QED) is 0.621. The van der Waals surface area contributed by atoms with Crippen LogP contribution in [0.3, 0.4) is 0 Å². The number of benzene rings is 1. The van der Waals surface area contributed by atoms with Crippen molar-refractivity contribution < 1.29 is 9.53 Å². The first kappa shape index (κ1) is 13.2. The molecule has 0 bridgehead atoms. The van der Waals surface area contributed by atoms with Crippen molar-refractivity contribution in [1.82, 2.24) is 20.9 Å². The number of amides is 2. The van der Waals surface area contributed by atoms with Gasteiger partial charge in [-0.3, -0.25) is 4.90 Å². The van der Waals surface area contributed by atoms with Gasteiger partial charge in [0.05, 0.1) is 13.2 Å². The fraction of sp³-hybridized carbons (Fsp3) is 0.462. The summed E-state index contributed by atoms with van der Waals surface area (Å²) < 4.78 is 5.33. The van der Waals surface area contributed by atoms with Crippen molar-refractivity contribution in [2.75, 3.05) is 31.6 Å². The van der Waals surface area contributed by atoms with Gasteiger partial charge in [-0.15, -0.1) is 0 Å². The van der Waals surface area contributed by atoms with Crippen LogP contribution in [0.1, 0.15) is 0 Å². The van der Waals surface area contributed by atoms with Crippen molar-refractivity contribution in [2.45, 2.75) is 12.6 Å². The number of ether oxygens (including phenoxy) is 1. The van der Waals surface area contributed by atoms with Gasteiger partial charge in [-0.2, -0.15) is 0 Å². The molecule has 2 fully saturated rings.